The Labute approximate surface area is 101 Å². The maximum atomic E-state index is 13.0. The normalized spacial score (nSPS) is 11.4. The monoisotopic (exact) mass is 283 g/mol. The SMILES string of the molecule is CN(C)C(=O)c1cc(F)c(F)cc1S(=O)(=O)Cl. The summed E-state index contributed by atoms with van der Waals surface area (Å²) in [6.07, 6.45) is 0. The molecule has 1 aromatic carbocycles. The predicted octanol–water partition coefficient (Wildman–Crippen LogP) is 1.59. The van der Waals surface area contributed by atoms with Crippen LogP contribution in [0, 0.1) is 11.6 Å². The van der Waals surface area contributed by atoms with Crippen LogP contribution in [0.1, 0.15) is 10.4 Å². The lowest BCUT2D eigenvalue weighted by atomic mass is 10.2. The Balaban J connectivity index is 3.59. The first-order valence-electron chi connectivity index (χ1n) is 4.30. The van der Waals surface area contributed by atoms with E-state index < -0.39 is 37.1 Å². The summed E-state index contributed by atoms with van der Waals surface area (Å²) in [5.74, 6) is -3.50. The van der Waals surface area contributed by atoms with E-state index in [2.05, 4.69) is 0 Å². The molecule has 1 amide bonds. The summed E-state index contributed by atoms with van der Waals surface area (Å²) in [6.45, 7) is 0. The number of amides is 1. The van der Waals surface area contributed by atoms with Crippen molar-refractivity contribution < 1.29 is 22.0 Å². The van der Waals surface area contributed by atoms with E-state index in [9.17, 15) is 22.0 Å². The van der Waals surface area contributed by atoms with E-state index in [0.717, 1.165) is 4.90 Å². The van der Waals surface area contributed by atoms with Crippen LogP contribution in [-0.2, 0) is 9.05 Å². The number of halogens is 3. The average Bonchev–Trinajstić information content (AvgIpc) is 2.18. The molecule has 0 fully saturated rings. The topological polar surface area (TPSA) is 54.5 Å². The highest BCUT2D eigenvalue weighted by Crippen LogP contribution is 2.24. The summed E-state index contributed by atoms with van der Waals surface area (Å²) in [5.41, 5.74) is -0.510. The second-order valence-electron chi connectivity index (χ2n) is 3.40. The van der Waals surface area contributed by atoms with Crippen molar-refractivity contribution in [3.05, 3.63) is 29.3 Å². The molecule has 0 aromatic heterocycles. The van der Waals surface area contributed by atoms with E-state index in [1.54, 1.807) is 0 Å². The van der Waals surface area contributed by atoms with Gasteiger partial charge in [0.15, 0.2) is 11.6 Å². The predicted molar refractivity (Wildman–Crippen MR) is 57.4 cm³/mol. The third-order valence-electron chi connectivity index (χ3n) is 1.92. The van der Waals surface area contributed by atoms with Crippen LogP contribution >= 0.6 is 10.7 Å². The molecule has 0 atom stereocenters. The summed E-state index contributed by atoms with van der Waals surface area (Å²) in [5, 5.41) is 0. The van der Waals surface area contributed by atoms with Crippen molar-refractivity contribution in [3.63, 3.8) is 0 Å². The molecule has 0 radical (unpaired) electrons. The van der Waals surface area contributed by atoms with Crippen molar-refractivity contribution in [3.8, 4) is 0 Å². The van der Waals surface area contributed by atoms with Crippen LogP contribution in [0.3, 0.4) is 0 Å². The quantitative estimate of drug-likeness (QED) is 0.775. The van der Waals surface area contributed by atoms with E-state index in [1.807, 2.05) is 0 Å². The molecule has 0 unspecified atom stereocenters. The van der Waals surface area contributed by atoms with E-state index in [-0.39, 0.29) is 0 Å². The third kappa shape index (κ3) is 2.92. The molecule has 1 aromatic rings. The summed E-state index contributed by atoms with van der Waals surface area (Å²) >= 11 is 0. The maximum absolute atomic E-state index is 13.0. The van der Waals surface area contributed by atoms with Gasteiger partial charge < -0.3 is 4.90 Å². The summed E-state index contributed by atoms with van der Waals surface area (Å²) in [6, 6.07) is 0.890. The van der Waals surface area contributed by atoms with Crippen LogP contribution in [0.2, 0.25) is 0 Å². The first-order chi connectivity index (χ1) is 7.64. The summed E-state index contributed by atoms with van der Waals surface area (Å²) in [7, 11) is 3.40. The second-order valence-corrected chi connectivity index (χ2v) is 5.93. The van der Waals surface area contributed by atoms with Crippen LogP contribution in [0.15, 0.2) is 17.0 Å². The van der Waals surface area contributed by atoms with Crippen LogP contribution in [0.4, 0.5) is 8.78 Å². The molecule has 0 aliphatic rings. The van der Waals surface area contributed by atoms with Gasteiger partial charge >= 0.3 is 0 Å². The molecule has 0 aliphatic carbocycles. The van der Waals surface area contributed by atoms with Crippen LogP contribution < -0.4 is 0 Å². The average molecular weight is 284 g/mol. The van der Waals surface area contributed by atoms with Crippen molar-refractivity contribution >= 4 is 25.6 Å². The van der Waals surface area contributed by atoms with Crippen LogP contribution in [-0.4, -0.2) is 33.3 Å². The van der Waals surface area contributed by atoms with Gasteiger partial charge in [-0.15, -0.1) is 0 Å². The minimum Gasteiger partial charge on any atom is -0.345 e. The van der Waals surface area contributed by atoms with Crippen molar-refractivity contribution in [2.45, 2.75) is 4.90 Å². The zero-order valence-corrected chi connectivity index (χ0v) is 10.4. The van der Waals surface area contributed by atoms with Gasteiger partial charge in [-0.1, -0.05) is 0 Å². The number of nitrogens with zero attached hydrogens (tertiary/aromatic N) is 1. The molecular formula is C9H8ClF2NO3S. The standard InChI is InChI=1S/C9H8ClF2NO3S/c1-13(2)9(14)5-3-6(11)7(12)4-8(5)17(10,15)16/h3-4H,1-2H3. The van der Waals surface area contributed by atoms with Gasteiger partial charge in [-0.25, -0.2) is 17.2 Å². The van der Waals surface area contributed by atoms with Crippen LogP contribution in [0.5, 0.6) is 0 Å². The van der Waals surface area contributed by atoms with E-state index in [0.29, 0.717) is 12.1 Å². The molecule has 0 saturated carbocycles. The van der Waals surface area contributed by atoms with Crippen molar-refractivity contribution in [1.82, 2.24) is 4.90 Å². The Bertz CT molecular complexity index is 572. The molecule has 0 spiro atoms. The zero-order chi connectivity index (χ0) is 13.4. The fourth-order valence-electron chi connectivity index (χ4n) is 1.14. The lowest BCUT2D eigenvalue weighted by Gasteiger charge is -2.12. The Morgan fingerprint density at radius 2 is 1.71 bits per heavy atom. The Morgan fingerprint density at radius 3 is 2.12 bits per heavy atom. The molecular weight excluding hydrogens is 276 g/mol. The molecule has 0 saturated heterocycles. The van der Waals surface area contributed by atoms with Crippen molar-refractivity contribution in [2.24, 2.45) is 0 Å². The number of carbonyl (C=O) groups is 1. The fraction of sp³-hybridized carbons (Fsp3) is 0.222. The first kappa shape index (κ1) is 13.9. The lowest BCUT2D eigenvalue weighted by molar-refractivity contribution is 0.0823. The van der Waals surface area contributed by atoms with Gasteiger partial charge in [-0.2, -0.15) is 0 Å². The summed E-state index contributed by atoms with van der Waals surface area (Å²) in [4.78, 5) is 11.9. The van der Waals surface area contributed by atoms with Crippen LogP contribution in [0.25, 0.3) is 0 Å². The maximum Gasteiger partial charge on any atom is 0.262 e. The fourth-order valence-corrected chi connectivity index (χ4v) is 2.17. The first-order valence-corrected chi connectivity index (χ1v) is 6.61. The number of carbonyl (C=O) groups excluding carboxylic acids is 1. The largest absolute Gasteiger partial charge is 0.345 e. The van der Waals surface area contributed by atoms with Gasteiger partial charge in [0.1, 0.15) is 0 Å². The van der Waals surface area contributed by atoms with Gasteiger partial charge in [0, 0.05) is 24.8 Å². The summed E-state index contributed by atoms with van der Waals surface area (Å²) < 4.78 is 48.2. The van der Waals surface area contributed by atoms with Gasteiger partial charge in [0.25, 0.3) is 15.0 Å². The zero-order valence-electron chi connectivity index (χ0n) is 8.87. The number of hydrogen-bond donors (Lipinski definition) is 0. The smallest absolute Gasteiger partial charge is 0.262 e. The number of hydrogen-bond acceptors (Lipinski definition) is 3. The highest BCUT2D eigenvalue weighted by atomic mass is 35.7. The Morgan fingerprint density at radius 1 is 1.24 bits per heavy atom. The van der Waals surface area contributed by atoms with Gasteiger partial charge in [0.05, 0.1) is 10.5 Å². The minimum atomic E-state index is -4.33. The molecule has 8 heteroatoms. The molecule has 0 N–H and O–H groups in total. The van der Waals surface area contributed by atoms with E-state index in [1.165, 1.54) is 14.1 Å². The molecule has 4 nitrogen and oxygen atoms in total. The highest BCUT2D eigenvalue weighted by molar-refractivity contribution is 8.13. The lowest BCUT2D eigenvalue weighted by Crippen LogP contribution is -2.23. The van der Waals surface area contributed by atoms with Gasteiger partial charge in [-0.3, -0.25) is 4.79 Å². The van der Waals surface area contributed by atoms with E-state index in [4.69, 9.17) is 10.7 Å². The van der Waals surface area contributed by atoms with Crippen molar-refractivity contribution in [2.75, 3.05) is 14.1 Å². The number of rotatable bonds is 2. The number of benzene rings is 1. The molecule has 0 heterocycles. The molecule has 1 rings (SSSR count). The van der Waals surface area contributed by atoms with Crippen molar-refractivity contribution in [1.29, 1.82) is 0 Å². The Kier molecular flexibility index (Phi) is 3.73. The molecule has 0 aliphatic heterocycles. The third-order valence-corrected chi connectivity index (χ3v) is 3.28. The highest BCUT2D eigenvalue weighted by Gasteiger charge is 2.24. The molecule has 94 valence electrons. The van der Waals surface area contributed by atoms with Gasteiger partial charge in [0.2, 0.25) is 0 Å². The molecule has 0 bridgehead atoms. The van der Waals surface area contributed by atoms with E-state index >= 15 is 0 Å². The minimum absolute atomic E-state index is 0.383. The molecule has 17 heavy (non-hydrogen) atoms. The second kappa shape index (κ2) is 4.58. The van der Waals surface area contributed by atoms with Gasteiger partial charge in [-0.05, 0) is 12.1 Å². The Hall–Kier alpha value is -1.21.